The third-order valence-corrected chi connectivity index (χ3v) is 2.28. The minimum Gasteiger partial charge on any atom is -0.544 e. The number of carbonyl (C=O) groups is 1. The van der Waals surface area contributed by atoms with Gasteiger partial charge in [-0.2, -0.15) is 0 Å². The number of carboxylic acid groups (broad SMARTS) is 1. The number of hydrogen-bond donors (Lipinski definition) is 1. The lowest BCUT2D eigenvalue weighted by atomic mass is 10.2. The average Bonchev–Trinajstić information content (AvgIpc) is 2.35. The molecule has 3 N–H and O–H groups in total. The van der Waals surface area contributed by atoms with E-state index in [0.29, 0.717) is 6.42 Å². The number of aryl methyl sites for hydroxylation is 1. The number of aromatic nitrogens is 1. The smallest absolute Gasteiger partial charge is 0.130 e. The van der Waals surface area contributed by atoms with Crippen molar-refractivity contribution in [1.29, 1.82) is 0 Å². The summed E-state index contributed by atoms with van der Waals surface area (Å²) >= 11 is 1.51. The molecule has 12 heavy (non-hydrogen) atoms. The SMILES string of the molecule is Cc1nc(C[C@@H]([NH3+])C(=O)[O-])cs1. The van der Waals surface area contributed by atoms with Crippen LogP contribution in [0.5, 0.6) is 0 Å². The zero-order valence-electron chi connectivity index (χ0n) is 6.74. The first-order valence-electron chi connectivity index (χ1n) is 3.54. The number of carbonyl (C=O) groups excluding carboxylic acids is 1. The Morgan fingerprint density at radius 3 is 3.00 bits per heavy atom. The zero-order chi connectivity index (χ0) is 9.14. The van der Waals surface area contributed by atoms with Crippen molar-refractivity contribution in [2.24, 2.45) is 0 Å². The topological polar surface area (TPSA) is 80.7 Å². The largest absolute Gasteiger partial charge is 0.544 e. The second-order valence-electron chi connectivity index (χ2n) is 2.58. The maximum absolute atomic E-state index is 10.3. The molecule has 0 aliphatic heterocycles. The van der Waals surface area contributed by atoms with Gasteiger partial charge in [-0.05, 0) is 6.92 Å². The van der Waals surface area contributed by atoms with E-state index in [1.165, 1.54) is 11.3 Å². The van der Waals surface area contributed by atoms with Crippen LogP contribution in [0.3, 0.4) is 0 Å². The number of carboxylic acids is 1. The maximum Gasteiger partial charge on any atom is 0.130 e. The molecule has 0 aliphatic carbocycles. The molecule has 1 heterocycles. The molecule has 0 aromatic carbocycles. The minimum atomic E-state index is -1.12. The summed E-state index contributed by atoms with van der Waals surface area (Å²) < 4.78 is 0. The van der Waals surface area contributed by atoms with Gasteiger partial charge in [0, 0.05) is 11.8 Å². The fourth-order valence-corrected chi connectivity index (χ4v) is 1.46. The van der Waals surface area contributed by atoms with Crippen LogP contribution in [0.2, 0.25) is 0 Å². The van der Waals surface area contributed by atoms with Gasteiger partial charge in [-0.3, -0.25) is 0 Å². The Kier molecular flexibility index (Phi) is 2.78. The summed E-state index contributed by atoms with van der Waals surface area (Å²) in [6.45, 7) is 1.88. The predicted molar refractivity (Wildman–Crippen MR) is 42.2 cm³/mol. The molecule has 1 aromatic heterocycles. The number of nitrogens with zero attached hydrogens (tertiary/aromatic N) is 1. The molecule has 0 saturated carbocycles. The molecular weight excluding hydrogens is 176 g/mol. The van der Waals surface area contributed by atoms with Crippen molar-refractivity contribution < 1.29 is 15.6 Å². The molecule has 5 heteroatoms. The molecule has 0 fully saturated rings. The van der Waals surface area contributed by atoms with Crippen molar-refractivity contribution >= 4 is 17.3 Å². The highest BCUT2D eigenvalue weighted by Crippen LogP contribution is 2.08. The molecular formula is C7H10N2O2S. The van der Waals surface area contributed by atoms with Gasteiger partial charge in [0.15, 0.2) is 0 Å². The lowest BCUT2D eigenvalue weighted by Crippen LogP contribution is -2.69. The van der Waals surface area contributed by atoms with Gasteiger partial charge >= 0.3 is 0 Å². The van der Waals surface area contributed by atoms with E-state index in [2.05, 4.69) is 10.7 Å². The average molecular weight is 186 g/mol. The van der Waals surface area contributed by atoms with Crippen LogP contribution in [-0.4, -0.2) is 17.0 Å². The fraction of sp³-hybridized carbons (Fsp3) is 0.429. The summed E-state index contributed by atoms with van der Waals surface area (Å²) in [7, 11) is 0. The monoisotopic (exact) mass is 186 g/mol. The first-order chi connectivity index (χ1) is 5.59. The number of rotatable bonds is 3. The van der Waals surface area contributed by atoms with Crippen LogP contribution in [0, 0.1) is 6.92 Å². The van der Waals surface area contributed by atoms with Crippen LogP contribution in [-0.2, 0) is 11.2 Å². The zero-order valence-corrected chi connectivity index (χ0v) is 7.56. The van der Waals surface area contributed by atoms with Gasteiger partial charge in [-0.25, -0.2) is 4.98 Å². The lowest BCUT2D eigenvalue weighted by Gasteiger charge is -2.06. The summed E-state index contributed by atoms with van der Waals surface area (Å²) in [6.07, 6.45) is 0.354. The van der Waals surface area contributed by atoms with E-state index in [1.807, 2.05) is 12.3 Å². The Morgan fingerprint density at radius 1 is 1.92 bits per heavy atom. The van der Waals surface area contributed by atoms with E-state index in [4.69, 9.17) is 0 Å². The van der Waals surface area contributed by atoms with Crippen molar-refractivity contribution in [3.8, 4) is 0 Å². The van der Waals surface area contributed by atoms with Gasteiger partial charge in [0.2, 0.25) is 0 Å². The quantitative estimate of drug-likeness (QED) is 0.614. The molecule has 0 saturated heterocycles. The predicted octanol–water partition coefficient (Wildman–Crippen LogP) is -1.65. The lowest BCUT2D eigenvalue weighted by molar-refractivity contribution is -0.437. The molecule has 0 bridgehead atoms. The Hall–Kier alpha value is -0.940. The van der Waals surface area contributed by atoms with Gasteiger partial charge in [0.1, 0.15) is 6.04 Å². The molecule has 1 atom stereocenters. The third kappa shape index (κ3) is 2.28. The van der Waals surface area contributed by atoms with E-state index in [9.17, 15) is 9.90 Å². The second kappa shape index (κ2) is 3.64. The van der Waals surface area contributed by atoms with Crippen LogP contribution in [0.1, 0.15) is 10.7 Å². The van der Waals surface area contributed by atoms with Crippen molar-refractivity contribution in [2.75, 3.05) is 0 Å². The molecule has 1 rings (SSSR count). The van der Waals surface area contributed by atoms with Crippen LogP contribution >= 0.6 is 11.3 Å². The number of hydrogen-bond acceptors (Lipinski definition) is 4. The molecule has 0 spiro atoms. The summed E-state index contributed by atoms with van der Waals surface area (Å²) in [5, 5.41) is 13.1. The molecule has 0 amide bonds. The second-order valence-corrected chi connectivity index (χ2v) is 3.64. The number of aliphatic carboxylic acids is 1. The third-order valence-electron chi connectivity index (χ3n) is 1.46. The number of quaternary nitrogens is 1. The van der Waals surface area contributed by atoms with E-state index >= 15 is 0 Å². The molecule has 0 radical (unpaired) electrons. The van der Waals surface area contributed by atoms with Crippen molar-refractivity contribution in [3.05, 3.63) is 16.1 Å². The Morgan fingerprint density at radius 2 is 2.58 bits per heavy atom. The van der Waals surface area contributed by atoms with E-state index in [1.54, 1.807) is 0 Å². The van der Waals surface area contributed by atoms with Crippen LogP contribution in [0.4, 0.5) is 0 Å². The van der Waals surface area contributed by atoms with Crippen molar-refractivity contribution in [2.45, 2.75) is 19.4 Å². The van der Waals surface area contributed by atoms with Gasteiger partial charge in [0.25, 0.3) is 0 Å². The van der Waals surface area contributed by atoms with Gasteiger partial charge < -0.3 is 15.6 Å². The van der Waals surface area contributed by atoms with E-state index < -0.39 is 12.0 Å². The summed E-state index contributed by atoms with van der Waals surface area (Å²) in [5.74, 6) is -1.12. The fourth-order valence-electron chi connectivity index (χ4n) is 0.838. The van der Waals surface area contributed by atoms with E-state index in [-0.39, 0.29) is 0 Å². The summed E-state index contributed by atoms with van der Waals surface area (Å²) in [5.41, 5.74) is 4.22. The first-order valence-corrected chi connectivity index (χ1v) is 4.42. The van der Waals surface area contributed by atoms with Crippen LogP contribution < -0.4 is 10.8 Å². The van der Waals surface area contributed by atoms with Gasteiger partial charge in [0.05, 0.1) is 16.7 Å². The molecule has 0 aliphatic rings. The van der Waals surface area contributed by atoms with Crippen LogP contribution in [0.25, 0.3) is 0 Å². The Bertz CT molecular complexity index is 285. The molecule has 0 unspecified atom stereocenters. The van der Waals surface area contributed by atoms with Crippen molar-refractivity contribution in [1.82, 2.24) is 4.98 Å². The summed E-state index contributed by atoms with van der Waals surface area (Å²) in [4.78, 5) is 14.4. The maximum atomic E-state index is 10.3. The van der Waals surface area contributed by atoms with Crippen molar-refractivity contribution in [3.63, 3.8) is 0 Å². The van der Waals surface area contributed by atoms with Gasteiger partial charge in [-0.15, -0.1) is 11.3 Å². The van der Waals surface area contributed by atoms with Gasteiger partial charge in [-0.1, -0.05) is 0 Å². The normalized spacial score (nSPS) is 12.8. The van der Waals surface area contributed by atoms with Crippen LogP contribution in [0.15, 0.2) is 5.38 Å². The molecule has 66 valence electrons. The Labute approximate surface area is 74.0 Å². The highest BCUT2D eigenvalue weighted by molar-refractivity contribution is 7.09. The Balaban J connectivity index is 2.58. The first kappa shape index (κ1) is 9.15. The van der Waals surface area contributed by atoms with E-state index in [0.717, 1.165) is 10.7 Å². The molecule has 1 aromatic rings. The molecule has 4 nitrogen and oxygen atoms in total. The highest BCUT2D eigenvalue weighted by Gasteiger charge is 2.10. The standard InChI is InChI=1S/C7H10N2O2S/c1-4-9-5(3-12-4)2-6(8)7(10)11/h3,6H,2,8H2,1H3,(H,10,11)/t6-/m1/s1. The minimum absolute atomic E-state index is 0.354. The summed E-state index contributed by atoms with van der Waals surface area (Å²) in [6, 6.07) is -0.702. The number of thiazole rings is 1. The highest BCUT2D eigenvalue weighted by atomic mass is 32.1.